The van der Waals surface area contributed by atoms with Crippen molar-refractivity contribution in [2.24, 2.45) is 5.92 Å². The van der Waals surface area contributed by atoms with E-state index < -0.39 is 0 Å². The minimum atomic E-state index is 0.378. The van der Waals surface area contributed by atoms with E-state index in [0.717, 1.165) is 12.5 Å². The molecule has 2 fully saturated rings. The second-order valence-electron chi connectivity index (χ2n) is 5.91. The van der Waals surface area contributed by atoms with Crippen LogP contribution in [-0.4, -0.2) is 35.6 Å². The van der Waals surface area contributed by atoms with Gasteiger partial charge in [-0.25, -0.2) is 0 Å². The first-order valence-electron chi connectivity index (χ1n) is 6.54. The number of hydrogen-bond donors (Lipinski definition) is 1. The van der Waals surface area contributed by atoms with Crippen molar-refractivity contribution >= 4 is 0 Å². The molecule has 1 aliphatic heterocycles. The van der Waals surface area contributed by atoms with Gasteiger partial charge < -0.3 is 5.32 Å². The Morgan fingerprint density at radius 2 is 1.93 bits per heavy atom. The molecule has 0 amide bonds. The van der Waals surface area contributed by atoms with Crippen molar-refractivity contribution < 1.29 is 0 Å². The van der Waals surface area contributed by atoms with Gasteiger partial charge in [0.2, 0.25) is 0 Å². The second kappa shape index (κ2) is 3.74. The summed E-state index contributed by atoms with van der Waals surface area (Å²) in [5.74, 6) is 0.938. The number of nitrogens with zero attached hydrogens (tertiary/aromatic N) is 1. The number of nitrogens with one attached hydrogen (secondary N) is 1. The van der Waals surface area contributed by atoms with E-state index in [1.54, 1.807) is 0 Å². The molecule has 1 N–H and O–H groups in total. The number of hydrogen-bond acceptors (Lipinski definition) is 2. The Balaban J connectivity index is 2.08. The SMILES string of the molecule is CCN1CC(C)(C2CC2)NCC1(C)CC. The van der Waals surface area contributed by atoms with E-state index in [-0.39, 0.29) is 0 Å². The standard InChI is InChI=1S/C13H26N2/c1-5-12(3)9-14-13(4,11-7-8-11)10-15(12)6-2/h11,14H,5-10H2,1-4H3. The van der Waals surface area contributed by atoms with E-state index >= 15 is 0 Å². The van der Waals surface area contributed by atoms with E-state index in [1.165, 1.54) is 32.4 Å². The van der Waals surface area contributed by atoms with Crippen LogP contribution in [0.15, 0.2) is 0 Å². The highest BCUT2D eigenvalue weighted by atomic mass is 15.3. The summed E-state index contributed by atoms with van der Waals surface area (Å²) in [5.41, 5.74) is 0.772. The lowest BCUT2D eigenvalue weighted by Crippen LogP contribution is -2.68. The topological polar surface area (TPSA) is 15.3 Å². The Bertz CT molecular complexity index is 237. The molecule has 15 heavy (non-hydrogen) atoms. The predicted molar refractivity (Wildman–Crippen MR) is 65.1 cm³/mol. The van der Waals surface area contributed by atoms with Crippen molar-refractivity contribution in [3.05, 3.63) is 0 Å². The Hall–Kier alpha value is -0.0800. The van der Waals surface area contributed by atoms with Crippen LogP contribution in [0.25, 0.3) is 0 Å². The van der Waals surface area contributed by atoms with Crippen molar-refractivity contribution in [2.75, 3.05) is 19.6 Å². The summed E-state index contributed by atoms with van der Waals surface area (Å²) in [6, 6.07) is 0. The largest absolute Gasteiger partial charge is 0.308 e. The van der Waals surface area contributed by atoms with Crippen LogP contribution in [-0.2, 0) is 0 Å². The maximum atomic E-state index is 3.82. The molecule has 1 saturated heterocycles. The predicted octanol–water partition coefficient (Wildman–Crippen LogP) is 2.25. The fourth-order valence-electron chi connectivity index (χ4n) is 2.98. The quantitative estimate of drug-likeness (QED) is 0.768. The van der Waals surface area contributed by atoms with Gasteiger partial charge in [-0.1, -0.05) is 13.8 Å². The van der Waals surface area contributed by atoms with Gasteiger partial charge in [-0.3, -0.25) is 4.90 Å². The summed E-state index contributed by atoms with van der Waals surface area (Å²) in [6.45, 7) is 13.0. The van der Waals surface area contributed by atoms with Gasteiger partial charge in [-0.2, -0.15) is 0 Å². The van der Waals surface area contributed by atoms with Crippen LogP contribution in [0.5, 0.6) is 0 Å². The van der Waals surface area contributed by atoms with Crippen LogP contribution in [0.3, 0.4) is 0 Å². The molecule has 88 valence electrons. The molecular formula is C13H26N2. The van der Waals surface area contributed by atoms with Crippen molar-refractivity contribution in [1.29, 1.82) is 0 Å². The molecule has 2 heteroatoms. The van der Waals surface area contributed by atoms with Crippen LogP contribution < -0.4 is 5.32 Å². The zero-order valence-corrected chi connectivity index (χ0v) is 10.8. The molecule has 2 rings (SSSR count). The van der Waals surface area contributed by atoms with Crippen LogP contribution in [0, 0.1) is 5.92 Å². The summed E-state index contributed by atoms with van der Waals surface area (Å²) in [6.07, 6.45) is 4.11. The maximum Gasteiger partial charge on any atom is 0.0309 e. The molecule has 2 aliphatic rings. The average molecular weight is 210 g/mol. The summed E-state index contributed by atoms with van der Waals surface area (Å²) in [7, 11) is 0. The molecule has 0 radical (unpaired) electrons. The Morgan fingerprint density at radius 3 is 2.40 bits per heavy atom. The molecule has 1 saturated carbocycles. The van der Waals surface area contributed by atoms with Crippen molar-refractivity contribution in [3.63, 3.8) is 0 Å². The van der Waals surface area contributed by atoms with Gasteiger partial charge in [0.1, 0.15) is 0 Å². The van der Waals surface area contributed by atoms with Crippen molar-refractivity contribution in [3.8, 4) is 0 Å². The minimum Gasteiger partial charge on any atom is -0.308 e. The van der Waals surface area contributed by atoms with E-state index in [4.69, 9.17) is 0 Å². The third kappa shape index (κ3) is 1.94. The number of piperazine rings is 1. The molecule has 0 aromatic rings. The Morgan fingerprint density at radius 1 is 1.27 bits per heavy atom. The van der Waals surface area contributed by atoms with Gasteiger partial charge in [0.25, 0.3) is 0 Å². The first kappa shape index (κ1) is 11.4. The van der Waals surface area contributed by atoms with E-state index in [0.29, 0.717) is 11.1 Å². The van der Waals surface area contributed by atoms with E-state index in [1.807, 2.05) is 0 Å². The average Bonchev–Trinajstić information content (AvgIpc) is 3.06. The molecule has 0 aromatic carbocycles. The van der Waals surface area contributed by atoms with Gasteiger partial charge in [0.05, 0.1) is 0 Å². The monoisotopic (exact) mass is 210 g/mol. The molecule has 1 heterocycles. The van der Waals surface area contributed by atoms with Crippen LogP contribution >= 0.6 is 0 Å². The molecular weight excluding hydrogens is 184 g/mol. The summed E-state index contributed by atoms with van der Waals surface area (Å²) >= 11 is 0. The van der Waals surface area contributed by atoms with Gasteiger partial charge in [0.15, 0.2) is 0 Å². The molecule has 1 aliphatic carbocycles. The first-order chi connectivity index (χ1) is 7.04. The molecule has 2 atom stereocenters. The minimum absolute atomic E-state index is 0.378. The van der Waals surface area contributed by atoms with Gasteiger partial charge >= 0.3 is 0 Å². The maximum absolute atomic E-state index is 3.82. The molecule has 0 bridgehead atoms. The van der Waals surface area contributed by atoms with Gasteiger partial charge in [-0.05, 0) is 45.6 Å². The summed E-state index contributed by atoms with van der Waals surface area (Å²) < 4.78 is 0. The van der Waals surface area contributed by atoms with Crippen LogP contribution in [0.2, 0.25) is 0 Å². The van der Waals surface area contributed by atoms with E-state index in [9.17, 15) is 0 Å². The van der Waals surface area contributed by atoms with Crippen LogP contribution in [0.4, 0.5) is 0 Å². The highest BCUT2D eigenvalue weighted by Crippen LogP contribution is 2.42. The summed E-state index contributed by atoms with van der Waals surface area (Å²) in [5, 5.41) is 3.82. The Labute approximate surface area is 94.4 Å². The highest BCUT2D eigenvalue weighted by Gasteiger charge is 2.48. The second-order valence-corrected chi connectivity index (χ2v) is 5.91. The van der Waals surface area contributed by atoms with Gasteiger partial charge in [0, 0.05) is 24.2 Å². The Kier molecular flexibility index (Phi) is 2.85. The fraction of sp³-hybridized carbons (Fsp3) is 1.00. The summed E-state index contributed by atoms with van der Waals surface area (Å²) in [4.78, 5) is 2.68. The normalized spacial score (nSPS) is 43.2. The number of rotatable bonds is 3. The lowest BCUT2D eigenvalue weighted by atomic mass is 9.84. The van der Waals surface area contributed by atoms with Gasteiger partial charge in [-0.15, -0.1) is 0 Å². The fourth-order valence-corrected chi connectivity index (χ4v) is 2.98. The smallest absolute Gasteiger partial charge is 0.0309 e. The van der Waals surface area contributed by atoms with Crippen molar-refractivity contribution in [2.45, 2.75) is 58.0 Å². The third-order valence-corrected chi connectivity index (χ3v) is 4.78. The highest BCUT2D eigenvalue weighted by molar-refractivity contribution is 5.07. The van der Waals surface area contributed by atoms with Crippen LogP contribution in [0.1, 0.15) is 47.0 Å². The molecule has 2 unspecified atom stereocenters. The molecule has 2 nitrogen and oxygen atoms in total. The zero-order valence-electron chi connectivity index (χ0n) is 10.8. The first-order valence-corrected chi connectivity index (χ1v) is 6.54. The third-order valence-electron chi connectivity index (χ3n) is 4.78. The lowest BCUT2D eigenvalue weighted by Gasteiger charge is -2.52. The number of likely N-dealkylation sites (N-methyl/N-ethyl adjacent to an activating group) is 1. The zero-order chi connectivity index (χ0) is 11.1. The lowest BCUT2D eigenvalue weighted by molar-refractivity contribution is 0.0149. The molecule has 0 aromatic heterocycles. The molecule has 0 spiro atoms. The van der Waals surface area contributed by atoms with Crippen molar-refractivity contribution in [1.82, 2.24) is 10.2 Å². The van der Waals surface area contributed by atoms with E-state index in [2.05, 4.69) is 37.9 Å².